The van der Waals surface area contributed by atoms with Gasteiger partial charge in [0.15, 0.2) is 0 Å². The number of hydrogen-bond donors (Lipinski definition) is 0. The van der Waals surface area contributed by atoms with Crippen LogP contribution in [-0.2, 0) is 14.3 Å². The first kappa shape index (κ1) is 17.9. The summed E-state index contributed by atoms with van der Waals surface area (Å²) in [6.45, 7) is 5.56. The Hall–Kier alpha value is -1.12. The monoisotopic (exact) mass is 270 g/mol. The smallest absolute Gasteiger partial charge is 0.305 e. The number of carbonyl (C=O) groups is 1. The Labute approximate surface area is 116 Å². The average molecular weight is 270 g/mol. The molecule has 0 bridgehead atoms. The second-order valence-electron chi connectivity index (χ2n) is 4.36. The highest BCUT2D eigenvalue weighted by atomic mass is 16.5. The summed E-state index contributed by atoms with van der Waals surface area (Å²) in [7, 11) is 1.68. The van der Waals surface area contributed by atoms with Crippen LogP contribution < -0.4 is 0 Å². The SMILES string of the molecule is CCOC(=O)CCCCCN(CCC#N)CCOC. The molecule has 5 heteroatoms. The molecule has 0 aromatic carbocycles. The number of nitriles is 1. The zero-order valence-corrected chi connectivity index (χ0v) is 12.2. The van der Waals surface area contributed by atoms with Gasteiger partial charge in [-0.25, -0.2) is 0 Å². The van der Waals surface area contributed by atoms with Crippen LogP contribution in [0.5, 0.6) is 0 Å². The van der Waals surface area contributed by atoms with Crippen molar-refractivity contribution < 1.29 is 14.3 Å². The van der Waals surface area contributed by atoms with Crippen LogP contribution in [0.3, 0.4) is 0 Å². The van der Waals surface area contributed by atoms with Gasteiger partial charge in [0, 0.05) is 33.0 Å². The van der Waals surface area contributed by atoms with E-state index in [-0.39, 0.29) is 5.97 Å². The van der Waals surface area contributed by atoms with Gasteiger partial charge in [-0.2, -0.15) is 5.26 Å². The summed E-state index contributed by atoms with van der Waals surface area (Å²) in [6, 6.07) is 2.16. The van der Waals surface area contributed by atoms with Gasteiger partial charge in [-0.3, -0.25) is 4.79 Å². The first-order valence-corrected chi connectivity index (χ1v) is 6.98. The normalized spacial score (nSPS) is 10.4. The predicted octanol–water partition coefficient (Wildman–Crippen LogP) is 1.97. The maximum Gasteiger partial charge on any atom is 0.305 e. The Balaban J connectivity index is 3.62. The fourth-order valence-corrected chi connectivity index (χ4v) is 1.78. The summed E-state index contributed by atoms with van der Waals surface area (Å²) in [4.78, 5) is 13.4. The van der Waals surface area contributed by atoms with Crippen LogP contribution in [0.15, 0.2) is 0 Å². The fraction of sp³-hybridized carbons (Fsp3) is 0.857. The third-order valence-electron chi connectivity index (χ3n) is 2.81. The molecule has 0 saturated carbocycles. The van der Waals surface area contributed by atoms with Crippen LogP contribution in [0, 0.1) is 11.3 Å². The van der Waals surface area contributed by atoms with Gasteiger partial charge >= 0.3 is 5.97 Å². The highest BCUT2D eigenvalue weighted by Crippen LogP contribution is 2.04. The summed E-state index contributed by atoms with van der Waals surface area (Å²) in [5.41, 5.74) is 0. The second kappa shape index (κ2) is 13.3. The van der Waals surface area contributed by atoms with Gasteiger partial charge in [-0.15, -0.1) is 0 Å². The molecule has 0 aliphatic rings. The summed E-state index contributed by atoms with van der Waals surface area (Å²) < 4.78 is 9.93. The molecule has 0 spiro atoms. The molecule has 0 atom stereocenters. The lowest BCUT2D eigenvalue weighted by Crippen LogP contribution is -2.29. The lowest BCUT2D eigenvalue weighted by Gasteiger charge is -2.20. The van der Waals surface area contributed by atoms with Crippen LogP contribution in [-0.4, -0.2) is 50.8 Å². The number of rotatable bonds is 12. The van der Waals surface area contributed by atoms with Crippen molar-refractivity contribution in [2.24, 2.45) is 0 Å². The van der Waals surface area contributed by atoms with Crippen molar-refractivity contribution >= 4 is 5.97 Å². The van der Waals surface area contributed by atoms with Crippen LogP contribution in [0.2, 0.25) is 0 Å². The van der Waals surface area contributed by atoms with Gasteiger partial charge < -0.3 is 14.4 Å². The van der Waals surface area contributed by atoms with Crippen molar-refractivity contribution in [1.29, 1.82) is 5.26 Å². The van der Waals surface area contributed by atoms with Crippen molar-refractivity contribution in [3.05, 3.63) is 0 Å². The Bertz CT molecular complexity index is 264. The van der Waals surface area contributed by atoms with E-state index in [0.29, 0.717) is 26.1 Å². The zero-order chi connectivity index (χ0) is 14.3. The molecule has 19 heavy (non-hydrogen) atoms. The Kier molecular flexibility index (Phi) is 12.5. The second-order valence-corrected chi connectivity index (χ2v) is 4.36. The number of hydrogen-bond acceptors (Lipinski definition) is 5. The molecule has 0 N–H and O–H groups in total. The van der Waals surface area contributed by atoms with Crippen molar-refractivity contribution in [1.82, 2.24) is 4.90 Å². The molecule has 0 saturated heterocycles. The largest absolute Gasteiger partial charge is 0.466 e. The third kappa shape index (κ3) is 11.7. The highest BCUT2D eigenvalue weighted by Gasteiger charge is 2.05. The van der Waals surface area contributed by atoms with E-state index in [2.05, 4.69) is 11.0 Å². The number of esters is 1. The molecule has 0 fully saturated rings. The summed E-state index contributed by atoms with van der Waals surface area (Å²) >= 11 is 0. The van der Waals surface area contributed by atoms with E-state index in [4.69, 9.17) is 14.7 Å². The van der Waals surface area contributed by atoms with E-state index in [1.807, 2.05) is 6.92 Å². The summed E-state index contributed by atoms with van der Waals surface area (Å²) in [6.07, 6.45) is 3.97. The van der Waals surface area contributed by atoms with Crippen molar-refractivity contribution in [3.8, 4) is 6.07 Å². The van der Waals surface area contributed by atoms with E-state index in [1.54, 1.807) is 7.11 Å². The van der Waals surface area contributed by atoms with E-state index in [1.165, 1.54) is 0 Å². The van der Waals surface area contributed by atoms with E-state index in [0.717, 1.165) is 38.9 Å². The molecule has 5 nitrogen and oxygen atoms in total. The maximum absolute atomic E-state index is 11.1. The number of nitrogens with zero attached hydrogens (tertiary/aromatic N) is 2. The molecular formula is C14H26N2O3. The highest BCUT2D eigenvalue weighted by molar-refractivity contribution is 5.69. The molecule has 0 amide bonds. The summed E-state index contributed by atoms with van der Waals surface area (Å²) in [5, 5.41) is 8.60. The van der Waals surface area contributed by atoms with E-state index in [9.17, 15) is 4.79 Å². The minimum Gasteiger partial charge on any atom is -0.466 e. The van der Waals surface area contributed by atoms with E-state index < -0.39 is 0 Å². The zero-order valence-electron chi connectivity index (χ0n) is 12.2. The Morgan fingerprint density at radius 2 is 2.00 bits per heavy atom. The standard InChI is InChI=1S/C14H26N2O3/c1-3-19-14(17)8-5-4-6-10-16(11-7-9-15)12-13-18-2/h3-8,10-13H2,1-2H3. The Morgan fingerprint density at radius 3 is 2.63 bits per heavy atom. The molecule has 0 aliphatic heterocycles. The maximum atomic E-state index is 11.1. The van der Waals surface area contributed by atoms with Gasteiger partial charge in [-0.1, -0.05) is 6.42 Å². The van der Waals surface area contributed by atoms with Crippen molar-refractivity contribution in [2.45, 2.75) is 39.0 Å². The summed E-state index contributed by atoms with van der Waals surface area (Å²) in [5.74, 6) is -0.108. The molecule has 0 rings (SSSR count). The first-order chi connectivity index (χ1) is 9.24. The molecule has 0 aliphatic carbocycles. The molecule has 0 radical (unpaired) electrons. The molecule has 0 heterocycles. The van der Waals surface area contributed by atoms with Crippen LogP contribution in [0.25, 0.3) is 0 Å². The number of methoxy groups -OCH3 is 1. The van der Waals surface area contributed by atoms with Crippen molar-refractivity contribution in [2.75, 3.05) is 40.0 Å². The van der Waals surface area contributed by atoms with Crippen LogP contribution >= 0.6 is 0 Å². The molecule has 0 aromatic heterocycles. The number of ether oxygens (including phenoxy) is 2. The predicted molar refractivity (Wildman–Crippen MR) is 73.6 cm³/mol. The van der Waals surface area contributed by atoms with Crippen molar-refractivity contribution in [3.63, 3.8) is 0 Å². The number of carbonyl (C=O) groups excluding carboxylic acids is 1. The van der Waals surface area contributed by atoms with Gasteiger partial charge in [0.05, 0.1) is 19.3 Å². The Morgan fingerprint density at radius 1 is 1.21 bits per heavy atom. The molecule has 0 unspecified atom stereocenters. The van der Waals surface area contributed by atoms with Gasteiger partial charge in [-0.05, 0) is 26.3 Å². The van der Waals surface area contributed by atoms with Gasteiger partial charge in [0.2, 0.25) is 0 Å². The minimum absolute atomic E-state index is 0.108. The lowest BCUT2D eigenvalue weighted by atomic mass is 10.2. The molecule has 0 aromatic rings. The fourth-order valence-electron chi connectivity index (χ4n) is 1.78. The average Bonchev–Trinajstić information content (AvgIpc) is 2.41. The molecular weight excluding hydrogens is 244 g/mol. The first-order valence-electron chi connectivity index (χ1n) is 6.98. The lowest BCUT2D eigenvalue weighted by molar-refractivity contribution is -0.143. The third-order valence-corrected chi connectivity index (χ3v) is 2.81. The van der Waals surface area contributed by atoms with E-state index >= 15 is 0 Å². The minimum atomic E-state index is -0.108. The van der Waals surface area contributed by atoms with Gasteiger partial charge in [0.1, 0.15) is 0 Å². The van der Waals surface area contributed by atoms with Crippen LogP contribution in [0.4, 0.5) is 0 Å². The topological polar surface area (TPSA) is 62.6 Å². The molecule has 110 valence electrons. The quantitative estimate of drug-likeness (QED) is 0.401. The number of unbranched alkanes of at least 4 members (excludes halogenated alkanes) is 2. The van der Waals surface area contributed by atoms with Crippen LogP contribution in [0.1, 0.15) is 39.0 Å². The van der Waals surface area contributed by atoms with Gasteiger partial charge in [0.25, 0.3) is 0 Å².